The van der Waals surface area contributed by atoms with Crippen LogP contribution in [-0.2, 0) is 16.1 Å². The van der Waals surface area contributed by atoms with Crippen LogP contribution in [-0.4, -0.2) is 23.8 Å². The Labute approximate surface area is 173 Å². The van der Waals surface area contributed by atoms with E-state index in [4.69, 9.17) is 4.74 Å². The van der Waals surface area contributed by atoms with Crippen LogP contribution in [0.2, 0.25) is 0 Å². The van der Waals surface area contributed by atoms with Crippen LogP contribution in [0.5, 0.6) is 5.75 Å². The molecule has 0 fully saturated rings. The Morgan fingerprint density at radius 3 is 2.41 bits per heavy atom. The van der Waals surface area contributed by atoms with Crippen LogP contribution in [0, 0.1) is 6.92 Å². The van der Waals surface area contributed by atoms with Gasteiger partial charge in [-0.3, -0.25) is 14.5 Å². The molecule has 5 nitrogen and oxygen atoms in total. The molecule has 6 heteroatoms. The fourth-order valence-corrected chi connectivity index (χ4v) is 4.04. The van der Waals surface area contributed by atoms with Crippen LogP contribution in [0.1, 0.15) is 16.0 Å². The lowest BCUT2D eigenvalue weighted by Crippen LogP contribution is -2.32. The number of nitrogens with one attached hydrogen (secondary N) is 1. The first kappa shape index (κ1) is 19.0. The van der Waals surface area contributed by atoms with Crippen LogP contribution in [0.25, 0.3) is 5.57 Å². The summed E-state index contributed by atoms with van der Waals surface area (Å²) in [6.45, 7) is 2.15. The van der Waals surface area contributed by atoms with Gasteiger partial charge in [0.2, 0.25) is 0 Å². The molecule has 2 heterocycles. The summed E-state index contributed by atoms with van der Waals surface area (Å²) in [7, 11) is 1.58. The number of carbonyl (C=O) groups is 2. The predicted molar refractivity (Wildman–Crippen MR) is 115 cm³/mol. The fourth-order valence-electron chi connectivity index (χ4n) is 3.27. The summed E-state index contributed by atoms with van der Waals surface area (Å²) < 4.78 is 5.38. The maximum absolute atomic E-state index is 13.2. The molecule has 0 unspecified atom stereocenters. The summed E-state index contributed by atoms with van der Waals surface area (Å²) in [5.74, 6) is -0.00596. The molecule has 1 aromatic heterocycles. The summed E-state index contributed by atoms with van der Waals surface area (Å²) in [6.07, 6.45) is 0. The molecule has 0 saturated heterocycles. The molecule has 0 atom stereocenters. The molecule has 29 heavy (non-hydrogen) atoms. The molecular weight excluding hydrogens is 384 g/mol. The third-order valence-corrected chi connectivity index (χ3v) is 5.66. The highest BCUT2D eigenvalue weighted by Gasteiger charge is 2.40. The highest BCUT2D eigenvalue weighted by atomic mass is 32.1. The monoisotopic (exact) mass is 404 g/mol. The van der Waals surface area contributed by atoms with E-state index in [0.29, 0.717) is 17.0 Å². The maximum atomic E-state index is 13.2. The largest absolute Gasteiger partial charge is 0.496 e. The van der Waals surface area contributed by atoms with Crippen molar-refractivity contribution in [2.45, 2.75) is 13.5 Å². The van der Waals surface area contributed by atoms with E-state index in [1.165, 1.54) is 16.2 Å². The average Bonchev–Trinajstić information content (AvgIpc) is 3.33. The quantitative estimate of drug-likeness (QED) is 0.617. The van der Waals surface area contributed by atoms with E-state index in [-0.39, 0.29) is 18.4 Å². The van der Waals surface area contributed by atoms with Gasteiger partial charge in [0.25, 0.3) is 11.8 Å². The molecule has 4 rings (SSSR count). The van der Waals surface area contributed by atoms with Crippen molar-refractivity contribution in [1.29, 1.82) is 0 Å². The lowest BCUT2D eigenvalue weighted by Gasteiger charge is -2.17. The Hall–Kier alpha value is -3.38. The number of aryl methyl sites for hydroxylation is 1. The topological polar surface area (TPSA) is 58.6 Å². The smallest absolute Gasteiger partial charge is 0.278 e. The van der Waals surface area contributed by atoms with Crippen molar-refractivity contribution in [2.24, 2.45) is 0 Å². The molecule has 146 valence electrons. The zero-order valence-corrected chi connectivity index (χ0v) is 17.0. The third kappa shape index (κ3) is 3.67. The minimum absolute atomic E-state index is 0.148. The second-order valence-corrected chi connectivity index (χ2v) is 7.67. The van der Waals surface area contributed by atoms with Gasteiger partial charge >= 0.3 is 0 Å². The number of para-hydroxylation sites is 1. The highest BCUT2D eigenvalue weighted by molar-refractivity contribution is 7.11. The molecule has 3 aromatic rings. The molecule has 2 amide bonds. The minimum atomic E-state index is -0.343. The number of imide groups is 1. The van der Waals surface area contributed by atoms with Crippen molar-refractivity contribution in [3.63, 3.8) is 0 Å². The fraction of sp³-hybridized carbons (Fsp3) is 0.130. The summed E-state index contributed by atoms with van der Waals surface area (Å²) in [5.41, 5.74) is 3.37. The van der Waals surface area contributed by atoms with Crippen LogP contribution >= 0.6 is 11.3 Å². The number of anilines is 1. The van der Waals surface area contributed by atoms with E-state index < -0.39 is 0 Å². The lowest BCUT2D eigenvalue weighted by molar-refractivity contribution is -0.137. The van der Waals surface area contributed by atoms with Gasteiger partial charge in [0.05, 0.1) is 19.2 Å². The molecule has 0 saturated carbocycles. The standard InChI is InChI=1S/C23H20N2O3S/c1-15-9-11-17(12-10-15)24-21-20(19-8-5-13-29-19)22(26)25(23(21)27)14-16-6-3-4-7-18(16)28-2/h3-13,24H,14H2,1-2H3. The first-order valence-corrected chi connectivity index (χ1v) is 10.1. The van der Waals surface area contributed by atoms with Gasteiger partial charge in [0.1, 0.15) is 11.4 Å². The summed E-state index contributed by atoms with van der Waals surface area (Å²) >= 11 is 1.44. The van der Waals surface area contributed by atoms with E-state index in [1.54, 1.807) is 7.11 Å². The van der Waals surface area contributed by atoms with E-state index in [1.807, 2.05) is 73.0 Å². The molecule has 0 radical (unpaired) electrons. The number of hydrogen-bond acceptors (Lipinski definition) is 5. The number of benzene rings is 2. The van der Waals surface area contributed by atoms with E-state index in [9.17, 15) is 9.59 Å². The van der Waals surface area contributed by atoms with Gasteiger partial charge < -0.3 is 10.1 Å². The van der Waals surface area contributed by atoms with Gasteiger partial charge in [-0.05, 0) is 36.6 Å². The number of carbonyl (C=O) groups excluding carboxylic acids is 2. The Morgan fingerprint density at radius 1 is 0.966 bits per heavy atom. The highest BCUT2D eigenvalue weighted by Crippen LogP contribution is 2.34. The molecule has 0 aliphatic carbocycles. The van der Waals surface area contributed by atoms with E-state index >= 15 is 0 Å². The van der Waals surface area contributed by atoms with Gasteiger partial charge in [-0.2, -0.15) is 0 Å². The summed E-state index contributed by atoms with van der Waals surface area (Å²) in [5, 5.41) is 5.07. The van der Waals surface area contributed by atoms with Crippen molar-refractivity contribution < 1.29 is 14.3 Å². The number of thiophene rings is 1. The number of rotatable bonds is 6. The van der Waals surface area contributed by atoms with Crippen LogP contribution in [0.4, 0.5) is 5.69 Å². The Kier molecular flexibility index (Phi) is 5.18. The van der Waals surface area contributed by atoms with Gasteiger partial charge in [-0.15, -0.1) is 11.3 Å². The van der Waals surface area contributed by atoms with E-state index in [2.05, 4.69) is 5.32 Å². The molecule has 0 spiro atoms. The molecule has 1 N–H and O–H groups in total. The van der Waals surface area contributed by atoms with Crippen molar-refractivity contribution in [3.8, 4) is 5.75 Å². The van der Waals surface area contributed by atoms with Gasteiger partial charge in [-0.25, -0.2) is 0 Å². The van der Waals surface area contributed by atoms with Crippen LogP contribution < -0.4 is 10.1 Å². The van der Waals surface area contributed by atoms with Crippen molar-refractivity contribution in [1.82, 2.24) is 4.90 Å². The van der Waals surface area contributed by atoms with Crippen molar-refractivity contribution in [2.75, 3.05) is 12.4 Å². The molecule has 0 bridgehead atoms. The number of hydrogen-bond donors (Lipinski definition) is 1. The SMILES string of the molecule is COc1ccccc1CN1C(=O)C(Nc2ccc(C)cc2)=C(c2cccs2)C1=O. The first-order chi connectivity index (χ1) is 14.1. The second kappa shape index (κ2) is 7.93. The van der Waals surface area contributed by atoms with Crippen LogP contribution in [0.15, 0.2) is 71.7 Å². The Bertz CT molecular complexity index is 1090. The number of ether oxygens (including phenoxy) is 1. The minimum Gasteiger partial charge on any atom is -0.496 e. The first-order valence-electron chi connectivity index (χ1n) is 9.18. The summed E-state index contributed by atoms with van der Waals surface area (Å²) in [6, 6.07) is 18.8. The zero-order chi connectivity index (χ0) is 20.4. The second-order valence-electron chi connectivity index (χ2n) is 6.73. The normalized spacial score (nSPS) is 13.9. The maximum Gasteiger partial charge on any atom is 0.278 e. The molecule has 2 aromatic carbocycles. The summed E-state index contributed by atoms with van der Waals surface area (Å²) in [4.78, 5) is 28.5. The van der Waals surface area contributed by atoms with Gasteiger partial charge in [-0.1, -0.05) is 42.0 Å². The van der Waals surface area contributed by atoms with Gasteiger partial charge in [0, 0.05) is 16.1 Å². The van der Waals surface area contributed by atoms with Crippen molar-refractivity contribution in [3.05, 3.63) is 87.7 Å². The van der Waals surface area contributed by atoms with E-state index in [0.717, 1.165) is 21.7 Å². The molecule has 1 aliphatic heterocycles. The zero-order valence-electron chi connectivity index (χ0n) is 16.1. The Balaban J connectivity index is 1.71. The average molecular weight is 404 g/mol. The number of nitrogens with zero attached hydrogens (tertiary/aromatic N) is 1. The third-order valence-electron chi connectivity index (χ3n) is 4.78. The lowest BCUT2D eigenvalue weighted by atomic mass is 10.1. The predicted octanol–water partition coefficient (Wildman–Crippen LogP) is 4.46. The molecule has 1 aliphatic rings. The van der Waals surface area contributed by atoms with Crippen LogP contribution in [0.3, 0.4) is 0 Å². The Morgan fingerprint density at radius 2 is 1.72 bits per heavy atom. The number of methoxy groups -OCH3 is 1. The van der Waals surface area contributed by atoms with Gasteiger partial charge in [0.15, 0.2) is 0 Å². The number of amides is 2. The molecular formula is C23H20N2O3S. The van der Waals surface area contributed by atoms with Crippen molar-refractivity contribution >= 4 is 34.4 Å².